The van der Waals surface area contributed by atoms with Gasteiger partial charge >= 0.3 is 0 Å². The minimum Gasteiger partial charge on any atom is -0.236 e. The molecule has 1 aliphatic heterocycles. The first-order valence-corrected chi connectivity index (χ1v) is 10.2. The van der Waals surface area contributed by atoms with Gasteiger partial charge in [-0.1, -0.05) is 0 Å². The van der Waals surface area contributed by atoms with E-state index < -0.39 is 8.86 Å². The Labute approximate surface area is 92.2 Å². The standard InChI is InChI=1S/C6H12OS5/c7-12-10-5-3-8-1-2-9-4-6-11-12/h1-6H2. The van der Waals surface area contributed by atoms with Gasteiger partial charge in [0.05, 0.1) is 0 Å². The van der Waals surface area contributed by atoms with Gasteiger partial charge < -0.3 is 0 Å². The van der Waals surface area contributed by atoms with Crippen LogP contribution in [0.2, 0.25) is 0 Å². The maximum atomic E-state index is 11.2. The molecule has 0 aromatic carbocycles. The van der Waals surface area contributed by atoms with Crippen LogP contribution in [0.25, 0.3) is 0 Å². The zero-order valence-corrected chi connectivity index (χ0v) is 10.8. The van der Waals surface area contributed by atoms with E-state index in [1.165, 1.54) is 11.5 Å². The monoisotopic (exact) mass is 260 g/mol. The Balaban J connectivity index is 2.17. The molecule has 0 N–H and O–H groups in total. The largest absolute Gasteiger partial charge is 0.236 e. The summed E-state index contributed by atoms with van der Waals surface area (Å²) in [5.74, 6) is 6.88. The summed E-state index contributed by atoms with van der Waals surface area (Å²) in [4.78, 5) is 0. The van der Waals surface area contributed by atoms with E-state index in [2.05, 4.69) is 0 Å². The van der Waals surface area contributed by atoms with E-state index in [4.69, 9.17) is 0 Å². The van der Waals surface area contributed by atoms with Gasteiger partial charge in [0.1, 0.15) is 8.86 Å². The van der Waals surface area contributed by atoms with Gasteiger partial charge in [-0.25, -0.2) is 4.21 Å². The lowest BCUT2D eigenvalue weighted by molar-refractivity contribution is 0.699. The van der Waals surface area contributed by atoms with Crippen molar-refractivity contribution >= 4 is 54.0 Å². The van der Waals surface area contributed by atoms with Gasteiger partial charge in [0.2, 0.25) is 0 Å². The van der Waals surface area contributed by atoms with Crippen LogP contribution in [0.4, 0.5) is 0 Å². The maximum Gasteiger partial charge on any atom is 0.141 e. The van der Waals surface area contributed by atoms with Crippen LogP contribution < -0.4 is 0 Å². The van der Waals surface area contributed by atoms with Gasteiger partial charge in [0, 0.05) is 34.5 Å². The lowest BCUT2D eigenvalue weighted by Crippen LogP contribution is -1.89. The van der Waals surface area contributed by atoms with E-state index in [0.717, 1.165) is 23.0 Å². The van der Waals surface area contributed by atoms with Gasteiger partial charge in [-0.3, -0.25) is 0 Å². The predicted octanol–water partition coefficient (Wildman–Crippen LogP) is 2.51. The predicted molar refractivity (Wildman–Crippen MR) is 67.7 cm³/mol. The smallest absolute Gasteiger partial charge is 0.141 e. The van der Waals surface area contributed by atoms with Crippen LogP contribution in [-0.4, -0.2) is 38.7 Å². The topological polar surface area (TPSA) is 17.1 Å². The Morgan fingerprint density at radius 1 is 0.750 bits per heavy atom. The van der Waals surface area contributed by atoms with Crippen LogP contribution in [0.1, 0.15) is 0 Å². The molecule has 0 atom stereocenters. The Kier molecular flexibility index (Phi) is 7.66. The van der Waals surface area contributed by atoms with Crippen molar-refractivity contribution in [3.63, 3.8) is 0 Å². The van der Waals surface area contributed by atoms with Crippen molar-refractivity contribution in [2.75, 3.05) is 34.5 Å². The molecule has 6 heteroatoms. The fraction of sp³-hybridized carbons (Fsp3) is 1.00. The van der Waals surface area contributed by atoms with Crippen molar-refractivity contribution in [3.05, 3.63) is 0 Å². The highest BCUT2D eigenvalue weighted by atomic mass is 33.5. The van der Waals surface area contributed by atoms with Gasteiger partial charge in [-0.05, 0) is 21.6 Å². The van der Waals surface area contributed by atoms with E-state index in [-0.39, 0.29) is 0 Å². The van der Waals surface area contributed by atoms with E-state index in [1.54, 1.807) is 21.6 Å². The van der Waals surface area contributed by atoms with Crippen molar-refractivity contribution in [1.82, 2.24) is 0 Å². The Morgan fingerprint density at radius 2 is 1.17 bits per heavy atom. The number of hydrogen-bond acceptors (Lipinski definition) is 5. The van der Waals surface area contributed by atoms with E-state index in [9.17, 15) is 4.21 Å². The molecule has 1 saturated heterocycles. The highest BCUT2D eigenvalue weighted by Gasteiger charge is 2.03. The average Bonchev–Trinajstić information content (AvgIpc) is 2.11. The van der Waals surface area contributed by atoms with Gasteiger partial charge in [0.15, 0.2) is 0 Å². The number of thioether (sulfide) groups is 2. The molecule has 1 fully saturated rings. The first kappa shape index (κ1) is 11.6. The fourth-order valence-corrected chi connectivity index (χ4v) is 7.94. The molecule has 1 aliphatic rings. The van der Waals surface area contributed by atoms with Gasteiger partial charge in [-0.15, -0.1) is 0 Å². The van der Waals surface area contributed by atoms with E-state index >= 15 is 0 Å². The summed E-state index contributed by atoms with van der Waals surface area (Å²) < 4.78 is 11.2. The molecule has 1 heterocycles. The molecule has 0 amide bonds. The van der Waals surface area contributed by atoms with Crippen LogP contribution in [-0.2, 0) is 8.86 Å². The maximum absolute atomic E-state index is 11.2. The summed E-state index contributed by atoms with van der Waals surface area (Å²) in [6.07, 6.45) is 0. The van der Waals surface area contributed by atoms with E-state index in [1.807, 2.05) is 23.5 Å². The molecular weight excluding hydrogens is 248 g/mol. The first-order valence-electron chi connectivity index (χ1n) is 3.73. The molecule has 0 aromatic heterocycles. The quantitative estimate of drug-likeness (QED) is 0.621. The molecular formula is C6H12OS5. The molecule has 0 unspecified atom stereocenters. The molecule has 72 valence electrons. The first-order chi connectivity index (χ1) is 5.89. The molecule has 1 rings (SSSR count). The van der Waals surface area contributed by atoms with Crippen LogP contribution in [0.5, 0.6) is 0 Å². The van der Waals surface area contributed by atoms with Crippen molar-refractivity contribution in [2.24, 2.45) is 0 Å². The lowest BCUT2D eigenvalue weighted by Gasteiger charge is -1.97. The van der Waals surface area contributed by atoms with Crippen molar-refractivity contribution in [3.8, 4) is 0 Å². The Hall–Kier alpha value is 1.55. The summed E-state index contributed by atoms with van der Waals surface area (Å²) in [6, 6.07) is 0. The van der Waals surface area contributed by atoms with Gasteiger partial charge in [-0.2, -0.15) is 23.5 Å². The molecule has 12 heavy (non-hydrogen) atoms. The van der Waals surface area contributed by atoms with Crippen LogP contribution in [0.15, 0.2) is 0 Å². The van der Waals surface area contributed by atoms with Crippen LogP contribution in [0, 0.1) is 0 Å². The summed E-state index contributed by atoms with van der Waals surface area (Å²) in [5, 5.41) is 0. The normalized spacial score (nSPS) is 24.7. The number of rotatable bonds is 0. The highest BCUT2D eigenvalue weighted by Crippen LogP contribution is 2.24. The second-order valence-corrected chi connectivity index (χ2v) is 10.1. The van der Waals surface area contributed by atoms with Crippen molar-refractivity contribution in [1.29, 1.82) is 0 Å². The highest BCUT2D eigenvalue weighted by molar-refractivity contribution is 9.02. The zero-order valence-electron chi connectivity index (χ0n) is 6.69. The van der Waals surface area contributed by atoms with Crippen molar-refractivity contribution in [2.45, 2.75) is 0 Å². The summed E-state index contributed by atoms with van der Waals surface area (Å²) in [7, 11) is 2.49. The third kappa shape index (κ3) is 6.07. The van der Waals surface area contributed by atoms with Crippen LogP contribution in [0.3, 0.4) is 0 Å². The Morgan fingerprint density at radius 3 is 1.67 bits per heavy atom. The Bertz CT molecular complexity index is 126. The summed E-state index contributed by atoms with van der Waals surface area (Å²) >= 11 is 3.96. The average molecular weight is 260 g/mol. The minimum atomic E-state index is -0.689. The van der Waals surface area contributed by atoms with E-state index in [0.29, 0.717) is 0 Å². The second-order valence-electron chi connectivity index (χ2n) is 2.07. The molecule has 0 saturated carbocycles. The zero-order chi connectivity index (χ0) is 8.65. The molecule has 1 nitrogen and oxygen atoms in total. The summed E-state index contributed by atoms with van der Waals surface area (Å²) in [6.45, 7) is 0. The van der Waals surface area contributed by atoms with Crippen molar-refractivity contribution < 1.29 is 4.21 Å². The third-order valence-electron chi connectivity index (χ3n) is 1.19. The van der Waals surface area contributed by atoms with Gasteiger partial charge in [0.25, 0.3) is 0 Å². The third-order valence-corrected chi connectivity index (χ3v) is 8.95. The lowest BCUT2D eigenvalue weighted by atomic mass is 10.9. The SMILES string of the molecule is O=S1SCCSCCSCCS1. The minimum absolute atomic E-state index is 0.689. The summed E-state index contributed by atoms with van der Waals surface area (Å²) in [5.41, 5.74) is 0. The van der Waals surface area contributed by atoms with Crippen LogP contribution >= 0.6 is 45.1 Å². The number of hydrogen-bond donors (Lipinski definition) is 0. The fourth-order valence-electron chi connectivity index (χ4n) is 0.678. The molecule has 0 radical (unpaired) electrons. The second kappa shape index (κ2) is 7.91. The molecule has 0 spiro atoms. The molecule has 0 aliphatic carbocycles. The molecule has 0 aromatic rings. The molecule has 0 bridgehead atoms.